The van der Waals surface area contributed by atoms with Crippen molar-refractivity contribution in [1.29, 1.82) is 0 Å². The average Bonchev–Trinajstić information content (AvgIpc) is 3.89. The molecule has 1 aliphatic heterocycles. The van der Waals surface area contributed by atoms with Gasteiger partial charge in [0.1, 0.15) is 35.6 Å². The quantitative estimate of drug-likeness (QED) is 0.122. The lowest BCUT2D eigenvalue weighted by Gasteiger charge is -2.30. The van der Waals surface area contributed by atoms with Gasteiger partial charge in [0.2, 0.25) is 0 Å². The van der Waals surface area contributed by atoms with Crippen LogP contribution in [0.2, 0.25) is 0 Å². The van der Waals surface area contributed by atoms with Gasteiger partial charge in [-0.2, -0.15) is 0 Å². The second kappa shape index (κ2) is 18.6. The third kappa shape index (κ3) is 8.50. The zero-order valence-corrected chi connectivity index (χ0v) is 42.0. The standard InChI is InChI=1S/C63H62F2N4O/c1-37(2)42-29-53(38(3)4)62(54(30-42)39(5)6)45-27-48(34-50(28-45)70-49-22-23-52-51-17-11-12-18-57(51)69(60(52)35-49)61-21-15-16-24-66-61)67-36-68(59-20-14-13-19-58(59)67)63-55(40(7)8)31-44(32-56(63)41(9)10)43-25-46(64)33-47(65)26-43/h11-35,37-41H,36H2,1-10H3. The highest BCUT2D eigenvalue weighted by Gasteiger charge is 2.33. The third-order valence-corrected chi connectivity index (χ3v) is 14.0. The molecule has 9 aromatic rings. The zero-order chi connectivity index (χ0) is 49.1. The molecule has 0 atom stereocenters. The molecular formula is C63H62F2N4O. The molecule has 2 aromatic heterocycles. The summed E-state index contributed by atoms with van der Waals surface area (Å²) in [6.07, 6.45) is 1.84. The minimum atomic E-state index is -0.587. The maximum Gasteiger partial charge on any atom is 0.137 e. The van der Waals surface area contributed by atoms with E-state index < -0.39 is 11.6 Å². The molecule has 0 spiro atoms. The predicted molar refractivity (Wildman–Crippen MR) is 288 cm³/mol. The lowest BCUT2D eigenvalue weighted by Crippen LogP contribution is -2.26. The third-order valence-electron chi connectivity index (χ3n) is 14.0. The molecule has 10 rings (SSSR count). The Labute approximate surface area is 412 Å². The number of halogens is 2. The van der Waals surface area contributed by atoms with Crippen molar-refractivity contribution in [1.82, 2.24) is 9.55 Å². The lowest BCUT2D eigenvalue weighted by atomic mass is 9.81. The molecule has 5 nitrogen and oxygen atoms in total. The first-order chi connectivity index (χ1) is 33.6. The van der Waals surface area contributed by atoms with Crippen LogP contribution in [0.3, 0.4) is 0 Å². The van der Waals surface area contributed by atoms with Crippen LogP contribution in [0.4, 0.5) is 31.5 Å². The van der Waals surface area contributed by atoms with Crippen LogP contribution in [0.5, 0.6) is 11.5 Å². The normalized spacial score (nSPS) is 12.8. The Balaban J connectivity index is 1.16. The van der Waals surface area contributed by atoms with Crippen molar-refractivity contribution < 1.29 is 13.5 Å². The van der Waals surface area contributed by atoms with Gasteiger partial charge in [-0.3, -0.25) is 4.57 Å². The van der Waals surface area contributed by atoms with Crippen LogP contribution in [-0.4, -0.2) is 16.2 Å². The number of ether oxygens (including phenoxy) is 1. The predicted octanol–water partition coefficient (Wildman–Crippen LogP) is 18.4. The Morgan fingerprint density at radius 1 is 0.471 bits per heavy atom. The highest BCUT2D eigenvalue weighted by Crippen LogP contribution is 2.51. The van der Waals surface area contributed by atoms with Crippen molar-refractivity contribution in [3.05, 3.63) is 191 Å². The number of nitrogens with zero attached hydrogens (tertiary/aromatic N) is 4. The van der Waals surface area contributed by atoms with Gasteiger partial charge in [0.25, 0.3) is 0 Å². The summed E-state index contributed by atoms with van der Waals surface area (Å²) in [5.74, 6) is 2.28. The molecule has 0 saturated carbocycles. The van der Waals surface area contributed by atoms with E-state index in [-0.39, 0.29) is 23.7 Å². The minimum Gasteiger partial charge on any atom is -0.457 e. The second-order valence-electron chi connectivity index (χ2n) is 20.5. The van der Waals surface area contributed by atoms with Crippen LogP contribution in [0.25, 0.3) is 49.9 Å². The van der Waals surface area contributed by atoms with Crippen LogP contribution in [0.15, 0.2) is 152 Å². The van der Waals surface area contributed by atoms with Crippen LogP contribution >= 0.6 is 0 Å². The topological polar surface area (TPSA) is 33.5 Å². The van der Waals surface area contributed by atoms with Gasteiger partial charge in [0.05, 0.1) is 22.4 Å². The van der Waals surface area contributed by atoms with Gasteiger partial charge >= 0.3 is 0 Å². The molecule has 0 amide bonds. The Bertz CT molecular complexity index is 3340. The Hall–Kier alpha value is -7.25. The molecule has 1 aliphatic rings. The molecule has 0 saturated heterocycles. The largest absolute Gasteiger partial charge is 0.457 e. The summed E-state index contributed by atoms with van der Waals surface area (Å²) < 4.78 is 38.8. The highest BCUT2D eigenvalue weighted by molar-refractivity contribution is 6.09. The van der Waals surface area contributed by atoms with Gasteiger partial charge in [-0.05, 0) is 159 Å². The summed E-state index contributed by atoms with van der Waals surface area (Å²) >= 11 is 0. The van der Waals surface area contributed by atoms with Gasteiger partial charge in [-0.1, -0.05) is 118 Å². The van der Waals surface area contributed by atoms with Crippen LogP contribution < -0.4 is 14.5 Å². The van der Waals surface area contributed by atoms with Gasteiger partial charge in [-0.25, -0.2) is 13.8 Å². The van der Waals surface area contributed by atoms with E-state index in [0.717, 1.165) is 90.2 Å². The SMILES string of the molecule is CC(C)c1cc(C(C)C)c(-c2cc(Oc3ccc4c5ccccc5n(-c5ccccn5)c4c3)cc(N3CN(c4c(C(C)C)cc(-c5cc(F)cc(F)c5)cc4C(C)C)c4ccccc43)c2)c(C(C)C)c1. The van der Waals surface area contributed by atoms with Gasteiger partial charge in [0, 0.05) is 46.5 Å². The number of benzene rings is 7. The monoisotopic (exact) mass is 928 g/mol. The van der Waals surface area contributed by atoms with E-state index in [2.05, 4.69) is 193 Å². The van der Waals surface area contributed by atoms with Crippen molar-refractivity contribution in [2.24, 2.45) is 0 Å². The summed E-state index contributed by atoms with van der Waals surface area (Å²) in [6.45, 7) is 23.1. The number of anilines is 4. The first-order valence-corrected chi connectivity index (χ1v) is 24.9. The summed E-state index contributed by atoms with van der Waals surface area (Å²) in [6, 6.07) is 49.1. The maximum atomic E-state index is 14.7. The number of para-hydroxylation sites is 3. The van der Waals surface area contributed by atoms with Crippen molar-refractivity contribution >= 4 is 44.6 Å². The molecule has 0 bridgehead atoms. The Kier molecular flexibility index (Phi) is 12.3. The Morgan fingerprint density at radius 3 is 1.67 bits per heavy atom. The minimum absolute atomic E-state index is 0.113. The van der Waals surface area contributed by atoms with E-state index in [1.54, 1.807) is 0 Å². The molecule has 3 heterocycles. The van der Waals surface area contributed by atoms with Crippen LogP contribution in [0.1, 0.15) is 127 Å². The van der Waals surface area contributed by atoms with E-state index in [1.165, 1.54) is 34.4 Å². The number of pyridine rings is 1. The molecule has 7 aromatic carbocycles. The lowest BCUT2D eigenvalue weighted by molar-refractivity contribution is 0.483. The van der Waals surface area contributed by atoms with E-state index in [9.17, 15) is 8.78 Å². The van der Waals surface area contributed by atoms with E-state index in [0.29, 0.717) is 18.2 Å². The number of hydrogen-bond acceptors (Lipinski definition) is 4. The zero-order valence-electron chi connectivity index (χ0n) is 42.0. The fraction of sp³-hybridized carbons (Fsp3) is 0.254. The van der Waals surface area contributed by atoms with Crippen LogP contribution in [-0.2, 0) is 0 Å². The molecular weight excluding hydrogens is 867 g/mol. The van der Waals surface area contributed by atoms with Gasteiger partial charge < -0.3 is 14.5 Å². The van der Waals surface area contributed by atoms with Crippen molar-refractivity contribution in [3.63, 3.8) is 0 Å². The van der Waals surface area contributed by atoms with Crippen molar-refractivity contribution in [2.75, 3.05) is 16.5 Å². The summed E-state index contributed by atoms with van der Waals surface area (Å²) in [4.78, 5) is 9.63. The van der Waals surface area contributed by atoms with E-state index in [4.69, 9.17) is 9.72 Å². The van der Waals surface area contributed by atoms with E-state index in [1.807, 2.05) is 24.4 Å². The fourth-order valence-corrected chi connectivity index (χ4v) is 10.5. The molecule has 0 radical (unpaired) electrons. The summed E-state index contributed by atoms with van der Waals surface area (Å²) in [5.41, 5.74) is 16.3. The van der Waals surface area contributed by atoms with Gasteiger partial charge in [-0.15, -0.1) is 0 Å². The van der Waals surface area contributed by atoms with Crippen LogP contribution in [0, 0.1) is 11.6 Å². The molecule has 0 fully saturated rings. The number of fused-ring (bicyclic) bond motifs is 4. The van der Waals surface area contributed by atoms with E-state index >= 15 is 0 Å². The molecule has 0 unspecified atom stereocenters. The van der Waals surface area contributed by atoms with Crippen molar-refractivity contribution in [2.45, 2.75) is 98.8 Å². The Morgan fingerprint density at radius 2 is 1.06 bits per heavy atom. The number of rotatable bonds is 12. The molecule has 0 aliphatic carbocycles. The number of hydrogen-bond donors (Lipinski definition) is 0. The average molecular weight is 929 g/mol. The second-order valence-corrected chi connectivity index (χ2v) is 20.5. The summed E-state index contributed by atoms with van der Waals surface area (Å²) in [5, 5.41) is 2.28. The molecule has 354 valence electrons. The van der Waals surface area contributed by atoms with Gasteiger partial charge in [0.15, 0.2) is 0 Å². The highest BCUT2D eigenvalue weighted by atomic mass is 19.1. The molecule has 70 heavy (non-hydrogen) atoms. The fourth-order valence-electron chi connectivity index (χ4n) is 10.5. The van der Waals surface area contributed by atoms with Crippen molar-refractivity contribution in [3.8, 4) is 39.6 Å². The number of aromatic nitrogens is 2. The first kappa shape index (κ1) is 46.5. The summed E-state index contributed by atoms with van der Waals surface area (Å²) in [7, 11) is 0. The maximum absolute atomic E-state index is 14.7. The molecule has 7 heteroatoms. The molecule has 0 N–H and O–H groups in total. The smallest absolute Gasteiger partial charge is 0.137 e. The first-order valence-electron chi connectivity index (χ1n) is 24.9.